The fourth-order valence-corrected chi connectivity index (χ4v) is 1.38. The number of hydrogen-bond acceptors (Lipinski definition) is 5. The number of tetrazole rings is 1. The van der Waals surface area contributed by atoms with Gasteiger partial charge >= 0.3 is 5.97 Å². The molecule has 0 aliphatic carbocycles. The predicted molar refractivity (Wildman–Crippen MR) is 61.2 cm³/mol. The van der Waals surface area contributed by atoms with Crippen LogP contribution in [0.4, 0.5) is 0 Å². The Labute approximate surface area is 107 Å². The van der Waals surface area contributed by atoms with Crippen molar-refractivity contribution in [1.82, 2.24) is 20.2 Å². The standard InChI is InChI=1S/C10H9ClN4O3/c11-7-1-3-8(4-2-7)18-6-9-12-13-14-15(9)5-10(16)17/h1-4H,5-6H2,(H,16,17). The number of ether oxygens (including phenoxy) is 1. The van der Waals surface area contributed by atoms with E-state index in [2.05, 4.69) is 15.5 Å². The molecule has 0 saturated carbocycles. The zero-order chi connectivity index (χ0) is 13.0. The van der Waals surface area contributed by atoms with E-state index in [-0.39, 0.29) is 13.2 Å². The third kappa shape index (κ3) is 3.17. The zero-order valence-electron chi connectivity index (χ0n) is 9.15. The van der Waals surface area contributed by atoms with E-state index < -0.39 is 5.97 Å². The normalized spacial score (nSPS) is 10.3. The molecule has 0 aliphatic heterocycles. The molecular weight excluding hydrogens is 260 g/mol. The van der Waals surface area contributed by atoms with Gasteiger partial charge in [-0.25, -0.2) is 4.68 Å². The Balaban J connectivity index is 1.99. The minimum atomic E-state index is -1.02. The molecule has 0 bridgehead atoms. The second-order valence-electron chi connectivity index (χ2n) is 3.39. The third-order valence-electron chi connectivity index (χ3n) is 2.07. The molecule has 0 aliphatic rings. The predicted octanol–water partition coefficient (Wildman–Crippen LogP) is 0.990. The molecule has 1 N–H and O–H groups in total. The first-order valence-corrected chi connectivity index (χ1v) is 5.38. The molecule has 18 heavy (non-hydrogen) atoms. The number of nitrogens with zero attached hydrogens (tertiary/aromatic N) is 4. The Hall–Kier alpha value is -2.15. The lowest BCUT2D eigenvalue weighted by Gasteiger charge is -2.05. The van der Waals surface area contributed by atoms with Crippen LogP contribution in [-0.2, 0) is 17.9 Å². The summed E-state index contributed by atoms with van der Waals surface area (Å²) in [6, 6.07) is 6.79. The summed E-state index contributed by atoms with van der Waals surface area (Å²) in [6.45, 7) is -0.214. The van der Waals surface area contributed by atoms with Crippen molar-refractivity contribution in [2.75, 3.05) is 0 Å². The Kier molecular flexibility index (Phi) is 3.73. The average molecular weight is 269 g/mol. The summed E-state index contributed by atoms with van der Waals surface area (Å²) in [5.41, 5.74) is 0. The van der Waals surface area contributed by atoms with Gasteiger partial charge in [0.25, 0.3) is 0 Å². The molecule has 7 nitrogen and oxygen atoms in total. The highest BCUT2D eigenvalue weighted by Gasteiger charge is 2.09. The van der Waals surface area contributed by atoms with Gasteiger partial charge in [-0.15, -0.1) is 5.10 Å². The number of hydrogen-bond donors (Lipinski definition) is 1. The van der Waals surface area contributed by atoms with E-state index in [0.717, 1.165) is 4.68 Å². The lowest BCUT2D eigenvalue weighted by Crippen LogP contribution is -2.14. The Morgan fingerprint density at radius 3 is 2.78 bits per heavy atom. The highest BCUT2D eigenvalue weighted by Crippen LogP contribution is 2.16. The maximum atomic E-state index is 10.6. The van der Waals surface area contributed by atoms with Gasteiger partial charge in [0.15, 0.2) is 5.82 Å². The van der Waals surface area contributed by atoms with Crippen molar-refractivity contribution in [3.63, 3.8) is 0 Å². The average Bonchev–Trinajstić information content (AvgIpc) is 2.75. The second-order valence-corrected chi connectivity index (χ2v) is 3.83. The fraction of sp³-hybridized carbons (Fsp3) is 0.200. The molecule has 8 heteroatoms. The molecule has 1 aromatic heterocycles. The molecule has 2 aromatic rings. The molecule has 1 heterocycles. The van der Waals surface area contributed by atoms with E-state index in [9.17, 15) is 4.79 Å². The largest absolute Gasteiger partial charge is 0.486 e. The van der Waals surface area contributed by atoms with Gasteiger partial charge < -0.3 is 9.84 Å². The molecule has 0 saturated heterocycles. The summed E-state index contributed by atoms with van der Waals surface area (Å²) in [7, 11) is 0. The summed E-state index contributed by atoms with van der Waals surface area (Å²) >= 11 is 5.74. The minimum Gasteiger partial charge on any atom is -0.486 e. The fourth-order valence-electron chi connectivity index (χ4n) is 1.26. The van der Waals surface area contributed by atoms with Gasteiger partial charge in [0.2, 0.25) is 0 Å². The van der Waals surface area contributed by atoms with Gasteiger partial charge in [0.05, 0.1) is 0 Å². The number of aliphatic carboxylic acids is 1. The number of carboxylic acid groups (broad SMARTS) is 1. The quantitative estimate of drug-likeness (QED) is 0.870. The highest BCUT2D eigenvalue weighted by molar-refractivity contribution is 6.30. The Bertz CT molecular complexity index is 540. The molecule has 2 rings (SSSR count). The summed E-state index contributed by atoms with van der Waals surface area (Å²) in [4.78, 5) is 10.6. The SMILES string of the molecule is O=C(O)Cn1nnnc1COc1ccc(Cl)cc1. The van der Waals surface area contributed by atoms with Crippen LogP contribution in [0.25, 0.3) is 0 Å². The molecule has 1 aromatic carbocycles. The third-order valence-corrected chi connectivity index (χ3v) is 2.32. The second kappa shape index (κ2) is 5.46. The van der Waals surface area contributed by atoms with Crippen molar-refractivity contribution in [2.24, 2.45) is 0 Å². The number of carbonyl (C=O) groups is 1. The summed E-state index contributed by atoms with van der Waals surface area (Å²) in [5, 5.41) is 19.9. The van der Waals surface area contributed by atoms with Crippen molar-refractivity contribution in [3.8, 4) is 5.75 Å². The van der Waals surface area contributed by atoms with Gasteiger partial charge in [-0.3, -0.25) is 4.79 Å². The molecule has 0 fully saturated rings. The summed E-state index contributed by atoms with van der Waals surface area (Å²) in [6.07, 6.45) is 0. The zero-order valence-corrected chi connectivity index (χ0v) is 9.91. The van der Waals surface area contributed by atoms with Crippen molar-refractivity contribution in [1.29, 1.82) is 0 Å². The molecule has 0 radical (unpaired) electrons. The van der Waals surface area contributed by atoms with Gasteiger partial charge in [-0.05, 0) is 34.7 Å². The molecule has 0 spiro atoms. The van der Waals surface area contributed by atoms with Crippen molar-refractivity contribution in [2.45, 2.75) is 13.2 Å². The minimum absolute atomic E-state index is 0.0852. The topological polar surface area (TPSA) is 90.1 Å². The van der Waals surface area contributed by atoms with E-state index in [4.69, 9.17) is 21.4 Å². The van der Waals surface area contributed by atoms with Crippen LogP contribution in [0.1, 0.15) is 5.82 Å². The maximum Gasteiger partial charge on any atom is 0.325 e. The van der Waals surface area contributed by atoms with Crippen LogP contribution in [0.5, 0.6) is 5.75 Å². The van der Waals surface area contributed by atoms with Crippen molar-refractivity contribution >= 4 is 17.6 Å². The van der Waals surface area contributed by atoms with Crippen LogP contribution in [0.15, 0.2) is 24.3 Å². The van der Waals surface area contributed by atoms with Gasteiger partial charge in [-0.2, -0.15) is 0 Å². The Morgan fingerprint density at radius 2 is 2.11 bits per heavy atom. The first-order valence-electron chi connectivity index (χ1n) is 5.00. The smallest absolute Gasteiger partial charge is 0.325 e. The number of aromatic nitrogens is 4. The van der Waals surface area contributed by atoms with Crippen LogP contribution in [0.3, 0.4) is 0 Å². The summed E-state index contributed by atoms with van der Waals surface area (Å²) in [5.74, 6) is -0.0772. The van der Waals surface area contributed by atoms with Crippen molar-refractivity contribution in [3.05, 3.63) is 35.1 Å². The maximum absolute atomic E-state index is 10.6. The van der Waals surface area contributed by atoms with Crippen LogP contribution < -0.4 is 4.74 Å². The molecule has 94 valence electrons. The van der Waals surface area contributed by atoms with E-state index in [1.165, 1.54) is 0 Å². The van der Waals surface area contributed by atoms with E-state index >= 15 is 0 Å². The van der Waals surface area contributed by atoms with Crippen LogP contribution in [0, 0.1) is 0 Å². The molecular formula is C10H9ClN4O3. The first-order chi connectivity index (χ1) is 8.65. The first kappa shape index (κ1) is 12.3. The Morgan fingerprint density at radius 1 is 1.39 bits per heavy atom. The van der Waals surface area contributed by atoms with Gasteiger partial charge in [0, 0.05) is 5.02 Å². The number of benzene rings is 1. The molecule has 0 atom stereocenters. The number of halogens is 1. The molecule has 0 unspecified atom stereocenters. The van der Waals surface area contributed by atoms with E-state index in [1.54, 1.807) is 24.3 Å². The lowest BCUT2D eigenvalue weighted by atomic mass is 10.3. The van der Waals surface area contributed by atoms with Crippen molar-refractivity contribution < 1.29 is 14.6 Å². The van der Waals surface area contributed by atoms with Crippen LogP contribution >= 0.6 is 11.6 Å². The van der Waals surface area contributed by atoms with E-state index in [0.29, 0.717) is 16.6 Å². The monoisotopic (exact) mass is 268 g/mol. The van der Waals surface area contributed by atoms with Gasteiger partial charge in [-0.1, -0.05) is 11.6 Å². The lowest BCUT2D eigenvalue weighted by molar-refractivity contribution is -0.138. The van der Waals surface area contributed by atoms with E-state index in [1.807, 2.05) is 0 Å². The number of carboxylic acids is 1. The van der Waals surface area contributed by atoms with Crippen LogP contribution in [0.2, 0.25) is 5.02 Å². The highest BCUT2D eigenvalue weighted by atomic mass is 35.5. The van der Waals surface area contributed by atoms with Crippen LogP contribution in [-0.4, -0.2) is 31.3 Å². The van der Waals surface area contributed by atoms with Gasteiger partial charge in [0.1, 0.15) is 18.9 Å². The molecule has 0 amide bonds. The summed E-state index contributed by atoms with van der Waals surface area (Å²) < 4.78 is 6.58. The number of rotatable bonds is 5.